The minimum absolute atomic E-state index is 0.00406. The number of benzene rings is 1. The van der Waals surface area contributed by atoms with Crippen LogP contribution in [-0.4, -0.2) is 35.8 Å². The summed E-state index contributed by atoms with van der Waals surface area (Å²) in [5.41, 5.74) is 0.291. The first-order valence-corrected chi connectivity index (χ1v) is 8.24. The molecule has 0 aliphatic rings. The van der Waals surface area contributed by atoms with Gasteiger partial charge < -0.3 is 15.5 Å². The molecule has 0 unspecified atom stereocenters. The number of halogens is 2. The van der Waals surface area contributed by atoms with E-state index in [1.165, 1.54) is 11.0 Å². The molecule has 2 amide bonds. The van der Waals surface area contributed by atoms with Crippen molar-refractivity contribution in [2.24, 2.45) is 0 Å². The van der Waals surface area contributed by atoms with E-state index in [-0.39, 0.29) is 42.5 Å². The molecule has 0 bridgehead atoms. The Morgan fingerprint density at radius 2 is 2.12 bits per heavy atom. The van der Waals surface area contributed by atoms with Gasteiger partial charge in [0.15, 0.2) is 0 Å². The Labute approximate surface area is 152 Å². The summed E-state index contributed by atoms with van der Waals surface area (Å²) < 4.78 is 13.8. The molecule has 25 heavy (non-hydrogen) atoms. The summed E-state index contributed by atoms with van der Waals surface area (Å²) in [5, 5.41) is 5.44. The molecular weight excluding hydrogens is 345 g/mol. The predicted octanol–water partition coefficient (Wildman–Crippen LogP) is 2.62. The van der Waals surface area contributed by atoms with Gasteiger partial charge in [-0.2, -0.15) is 0 Å². The van der Waals surface area contributed by atoms with Crippen LogP contribution in [0.1, 0.15) is 19.4 Å². The lowest BCUT2D eigenvalue weighted by Gasteiger charge is -2.26. The van der Waals surface area contributed by atoms with E-state index in [2.05, 4.69) is 17.2 Å². The molecule has 5 nitrogen and oxygen atoms in total. The summed E-state index contributed by atoms with van der Waals surface area (Å²) in [4.78, 5) is 25.7. The molecule has 2 N–H and O–H groups in total. The van der Waals surface area contributed by atoms with E-state index >= 15 is 0 Å². The molecule has 0 saturated carbocycles. The lowest BCUT2D eigenvalue weighted by Crippen LogP contribution is -2.46. The maximum atomic E-state index is 13.8. The molecule has 0 aliphatic carbocycles. The number of carbonyl (C=O) groups excluding carboxylic acids is 2. The van der Waals surface area contributed by atoms with Crippen molar-refractivity contribution in [3.05, 3.63) is 59.5 Å². The van der Waals surface area contributed by atoms with E-state index in [0.29, 0.717) is 5.56 Å². The first kappa shape index (κ1) is 20.7. The largest absolute Gasteiger partial charge is 0.382 e. The highest BCUT2D eigenvalue weighted by molar-refractivity contribution is 6.30. The lowest BCUT2D eigenvalue weighted by molar-refractivity contribution is -0.136. The van der Waals surface area contributed by atoms with Crippen LogP contribution < -0.4 is 10.6 Å². The summed E-state index contributed by atoms with van der Waals surface area (Å²) in [5.74, 6) is -1.14. The second-order valence-corrected chi connectivity index (χ2v) is 5.99. The highest BCUT2D eigenvalue weighted by Crippen LogP contribution is 2.17. The Hall–Kier alpha value is -2.34. The molecule has 7 heteroatoms. The van der Waals surface area contributed by atoms with Crippen molar-refractivity contribution in [1.29, 1.82) is 0 Å². The van der Waals surface area contributed by atoms with E-state index in [1.54, 1.807) is 30.5 Å². The Balaban J connectivity index is 2.58. The van der Waals surface area contributed by atoms with Crippen LogP contribution >= 0.6 is 11.6 Å². The van der Waals surface area contributed by atoms with Crippen LogP contribution in [0.15, 0.2) is 43.1 Å². The van der Waals surface area contributed by atoms with Gasteiger partial charge in [-0.3, -0.25) is 9.59 Å². The number of nitrogens with zero attached hydrogens (tertiary/aromatic N) is 1. The third-order valence-corrected chi connectivity index (χ3v) is 3.66. The summed E-state index contributed by atoms with van der Waals surface area (Å²) in [6.45, 7) is 7.14. The van der Waals surface area contributed by atoms with Crippen LogP contribution in [-0.2, 0) is 16.1 Å². The maximum absolute atomic E-state index is 13.8. The zero-order chi connectivity index (χ0) is 18.8. The first-order chi connectivity index (χ1) is 11.9. The van der Waals surface area contributed by atoms with Gasteiger partial charge in [-0.05, 0) is 32.2 Å². The quantitative estimate of drug-likeness (QED) is 0.659. The fraction of sp³-hybridized carbons (Fsp3) is 0.333. The lowest BCUT2D eigenvalue weighted by atomic mass is 10.2. The zero-order valence-electron chi connectivity index (χ0n) is 14.4. The third-order valence-electron chi connectivity index (χ3n) is 3.37. The topological polar surface area (TPSA) is 61.4 Å². The van der Waals surface area contributed by atoms with E-state index in [1.807, 2.05) is 13.8 Å². The van der Waals surface area contributed by atoms with Gasteiger partial charge >= 0.3 is 0 Å². The summed E-state index contributed by atoms with van der Waals surface area (Å²) in [7, 11) is 0. The normalized spacial score (nSPS) is 10.8. The van der Waals surface area contributed by atoms with Crippen molar-refractivity contribution in [3.63, 3.8) is 0 Å². The van der Waals surface area contributed by atoms with E-state index in [9.17, 15) is 14.0 Å². The van der Waals surface area contributed by atoms with E-state index < -0.39 is 5.82 Å². The Morgan fingerprint density at radius 1 is 1.40 bits per heavy atom. The summed E-state index contributed by atoms with van der Waals surface area (Å²) in [6, 6.07) is 4.45. The Bertz CT molecular complexity index is 647. The highest BCUT2D eigenvalue weighted by atomic mass is 35.5. The SMILES string of the molecule is C=C/C=C/NCC(=O)N(CC(=O)NCc1cccc(Cl)c1F)C(C)C. The van der Waals surface area contributed by atoms with Gasteiger partial charge in [0.25, 0.3) is 0 Å². The standard InChI is InChI=1S/C18H23ClFN3O2/c1-4-5-9-21-11-17(25)23(13(2)3)12-16(24)22-10-14-7-6-8-15(19)18(14)20/h4-9,13,21H,1,10-12H2,2-3H3,(H,22,24)/b9-5+. The molecule has 0 saturated heterocycles. The predicted molar refractivity (Wildman–Crippen MR) is 97.4 cm³/mol. The number of nitrogens with one attached hydrogen (secondary N) is 2. The fourth-order valence-electron chi connectivity index (χ4n) is 2.03. The average Bonchev–Trinajstić information content (AvgIpc) is 2.57. The van der Waals surface area contributed by atoms with Crippen LogP contribution in [0, 0.1) is 5.82 Å². The Morgan fingerprint density at radius 3 is 2.76 bits per heavy atom. The number of hydrogen-bond acceptors (Lipinski definition) is 3. The number of allylic oxidation sites excluding steroid dienone is 2. The molecule has 1 aromatic carbocycles. The smallest absolute Gasteiger partial charge is 0.242 e. The van der Waals surface area contributed by atoms with Crippen molar-refractivity contribution in [1.82, 2.24) is 15.5 Å². The first-order valence-electron chi connectivity index (χ1n) is 7.86. The van der Waals surface area contributed by atoms with Crippen LogP contribution in [0.5, 0.6) is 0 Å². The van der Waals surface area contributed by atoms with Crippen molar-refractivity contribution in [2.45, 2.75) is 26.4 Å². The number of rotatable bonds is 9. The van der Waals surface area contributed by atoms with Crippen LogP contribution in [0.3, 0.4) is 0 Å². The molecule has 0 radical (unpaired) electrons. The molecule has 1 aromatic rings. The van der Waals surface area contributed by atoms with Crippen molar-refractivity contribution in [2.75, 3.05) is 13.1 Å². The second kappa shape index (κ2) is 10.5. The van der Waals surface area contributed by atoms with Gasteiger partial charge in [0.05, 0.1) is 18.1 Å². The van der Waals surface area contributed by atoms with Gasteiger partial charge in [0, 0.05) is 18.2 Å². The number of carbonyl (C=O) groups is 2. The fourth-order valence-corrected chi connectivity index (χ4v) is 2.23. The highest BCUT2D eigenvalue weighted by Gasteiger charge is 2.19. The van der Waals surface area contributed by atoms with E-state index in [4.69, 9.17) is 11.6 Å². The molecule has 136 valence electrons. The molecular formula is C18H23ClFN3O2. The third kappa shape index (κ3) is 6.97. The van der Waals surface area contributed by atoms with Gasteiger partial charge in [-0.15, -0.1) is 0 Å². The van der Waals surface area contributed by atoms with Crippen LogP contribution in [0.4, 0.5) is 4.39 Å². The molecule has 0 fully saturated rings. The summed E-state index contributed by atoms with van der Waals surface area (Å²) >= 11 is 5.71. The zero-order valence-corrected chi connectivity index (χ0v) is 15.1. The monoisotopic (exact) mass is 367 g/mol. The molecule has 0 spiro atoms. The summed E-state index contributed by atoms with van der Waals surface area (Å²) in [6.07, 6.45) is 4.85. The molecule has 0 atom stereocenters. The van der Waals surface area contributed by atoms with Crippen molar-refractivity contribution < 1.29 is 14.0 Å². The van der Waals surface area contributed by atoms with Crippen LogP contribution in [0.25, 0.3) is 0 Å². The van der Waals surface area contributed by atoms with Gasteiger partial charge in [0.2, 0.25) is 11.8 Å². The van der Waals surface area contributed by atoms with E-state index in [0.717, 1.165) is 0 Å². The van der Waals surface area contributed by atoms with Crippen molar-refractivity contribution >= 4 is 23.4 Å². The van der Waals surface area contributed by atoms with Crippen LogP contribution in [0.2, 0.25) is 5.02 Å². The average molecular weight is 368 g/mol. The minimum Gasteiger partial charge on any atom is -0.382 e. The van der Waals surface area contributed by atoms with Crippen molar-refractivity contribution in [3.8, 4) is 0 Å². The molecule has 1 rings (SSSR count). The van der Waals surface area contributed by atoms with Gasteiger partial charge in [0.1, 0.15) is 5.82 Å². The maximum Gasteiger partial charge on any atom is 0.242 e. The Kier molecular flexibility index (Phi) is 8.70. The number of amides is 2. The van der Waals surface area contributed by atoms with Gasteiger partial charge in [-0.25, -0.2) is 4.39 Å². The van der Waals surface area contributed by atoms with Gasteiger partial charge in [-0.1, -0.05) is 36.4 Å². The molecule has 0 aromatic heterocycles. The molecule has 0 heterocycles. The molecule has 0 aliphatic heterocycles. The minimum atomic E-state index is -0.556. The number of hydrogen-bond donors (Lipinski definition) is 2. The second-order valence-electron chi connectivity index (χ2n) is 5.58.